The number of carbonyl (C=O) groups excluding carboxylic acids is 1. The third-order valence-electron chi connectivity index (χ3n) is 5.08. The van der Waals surface area contributed by atoms with Gasteiger partial charge in [0.1, 0.15) is 0 Å². The highest BCUT2D eigenvalue weighted by Crippen LogP contribution is 2.27. The molecule has 0 saturated carbocycles. The summed E-state index contributed by atoms with van der Waals surface area (Å²) in [6.07, 6.45) is 3.67. The van der Waals surface area contributed by atoms with Gasteiger partial charge in [0, 0.05) is 31.2 Å². The van der Waals surface area contributed by atoms with E-state index in [0.717, 1.165) is 28.6 Å². The van der Waals surface area contributed by atoms with Gasteiger partial charge in [-0.1, -0.05) is 0 Å². The minimum atomic E-state index is -0.239. The van der Waals surface area contributed by atoms with Gasteiger partial charge in [0.15, 0.2) is 11.6 Å². The first-order valence-electron chi connectivity index (χ1n) is 9.34. The van der Waals surface area contributed by atoms with E-state index in [2.05, 4.69) is 34.9 Å². The number of rotatable bonds is 2. The van der Waals surface area contributed by atoms with E-state index in [1.807, 2.05) is 40.1 Å². The monoisotopic (exact) mass is 392 g/mol. The number of hydrogen-bond donors (Lipinski definition) is 0. The van der Waals surface area contributed by atoms with Crippen LogP contribution in [0.4, 0.5) is 0 Å². The van der Waals surface area contributed by atoms with Crippen LogP contribution in [0.2, 0.25) is 0 Å². The van der Waals surface area contributed by atoms with E-state index in [1.165, 1.54) is 0 Å². The number of aromatic nitrogens is 9. The summed E-state index contributed by atoms with van der Waals surface area (Å²) in [6, 6.07) is 1.91. The Balaban J connectivity index is 1.46. The van der Waals surface area contributed by atoms with Crippen molar-refractivity contribution in [2.24, 2.45) is 7.05 Å². The molecule has 1 aliphatic rings. The second kappa shape index (κ2) is 6.19. The Morgan fingerprint density at radius 1 is 1.21 bits per heavy atom. The van der Waals surface area contributed by atoms with Crippen LogP contribution in [0.5, 0.6) is 0 Å². The first-order chi connectivity index (χ1) is 13.9. The van der Waals surface area contributed by atoms with Crippen LogP contribution in [-0.2, 0) is 13.6 Å². The van der Waals surface area contributed by atoms with Crippen LogP contribution in [0.1, 0.15) is 40.8 Å². The second-order valence-corrected chi connectivity index (χ2v) is 7.43. The SMILES string of the molecule is Cc1cc(C)n2nc(C(=O)N3Cc4nnc(-c5cnn(C)c5)n4[C@@H](C)C3)nc2n1. The van der Waals surface area contributed by atoms with E-state index in [0.29, 0.717) is 18.9 Å². The molecule has 1 amide bonds. The summed E-state index contributed by atoms with van der Waals surface area (Å²) in [5.41, 5.74) is 2.62. The van der Waals surface area contributed by atoms with Gasteiger partial charge >= 0.3 is 0 Å². The largest absolute Gasteiger partial charge is 0.326 e. The van der Waals surface area contributed by atoms with Gasteiger partial charge in [0.25, 0.3) is 11.7 Å². The molecule has 0 saturated heterocycles. The number of nitrogens with zero attached hydrogens (tertiary/aromatic N) is 10. The number of carbonyl (C=O) groups is 1. The van der Waals surface area contributed by atoms with Crippen molar-refractivity contribution in [1.82, 2.24) is 49.0 Å². The smallest absolute Gasteiger partial charge is 0.294 e. The number of amides is 1. The van der Waals surface area contributed by atoms with Crippen molar-refractivity contribution in [3.05, 3.63) is 41.5 Å². The van der Waals surface area contributed by atoms with E-state index in [4.69, 9.17) is 0 Å². The lowest BCUT2D eigenvalue weighted by molar-refractivity contribution is 0.0670. The maximum absolute atomic E-state index is 13.1. The Labute approximate surface area is 166 Å². The average molecular weight is 392 g/mol. The summed E-state index contributed by atoms with van der Waals surface area (Å²) in [4.78, 5) is 23.5. The molecule has 0 N–H and O–H groups in total. The molecule has 4 aromatic rings. The van der Waals surface area contributed by atoms with Gasteiger partial charge in [0.05, 0.1) is 24.3 Å². The zero-order valence-corrected chi connectivity index (χ0v) is 16.6. The van der Waals surface area contributed by atoms with E-state index in [9.17, 15) is 4.79 Å². The van der Waals surface area contributed by atoms with Crippen molar-refractivity contribution in [2.75, 3.05) is 6.54 Å². The van der Waals surface area contributed by atoms with Gasteiger partial charge in [-0.15, -0.1) is 15.3 Å². The molecule has 1 aliphatic heterocycles. The van der Waals surface area contributed by atoms with Gasteiger partial charge in [-0.05, 0) is 26.8 Å². The summed E-state index contributed by atoms with van der Waals surface area (Å²) in [5.74, 6) is 1.81. The van der Waals surface area contributed by atoms with Gasteiger partial charge in [-0.3, -0.25) is 9.48 Å². The Morgan fingerprint density at radius 3 is 2.79 bits per heavy atom. The molecule has 0 aliphatic carbocycles. The van der Waals surface area contributed by atoms with Crippen molar-refractivity contribution >= 4 is 11.7 Å². The molecule has 0 radical (unpaired) electrons. The standard InChI is InChI=1S/C18H20N10O/c1-10-5-11(2)28-18(20-10)21-15(24-28)17(29)26-7-12(3)27-14(9-26)22-23-16(27)13-6-19-25(4)8-13/h5-6,8,12H,7,9H2,1-4H3/t12-/m0/s1. The Hall–Kier alpha value is -3.63. The van der Waals surface area contributed by atoms with E-state index in [1.54, 1.807) is 20.3 Å². The van der Waals surface area contributed by atoms with Crippen molar-refractivity contribution in [1.29, 1.82) is 0 Å². The van der Waals surface area contributed by atoms with Crippen molar-refractivity contribution < 1.29 is 4.79 Å². The lowest BCUT2D eigenvalue weighted by atomic mass is 10.2. The van der Waals surface area contributed by atoms with E-state index >= 15 is 0 Å². The van der Waals surface area contributed by atoms with Crippen molar-refractivity contribution in [3.8, 4) is 11.4 Å². The van der Waals surface area contributed by atoms with Crippen LogP contribution in [0.3, 0.4) is 0 Å². The minimum absolute atomic E-state index is 0.00652. The van der Waals surface area contributed by atoms with Crippen molar-refractivity contribution in [2.45, 2.75) is 33.4 Å². The Bertz CT molecular complexity index is 1250. The molecule has 5 rings (SSSR count). The van der Waals surface area contributed by atoms with Gasteiger partial charge in [0.2, 0.25) is 5.82 Å². The highest BCUT2D eigenvalue weighted by molar-refractivity contribution is 5.91. The van der Waals surface area contributed by atoms with Gasteiger partial charge in [-0.25, -0.2) is 9.50 Å². The summed E-state index contributed by atoms with van der Waals surface area (Å²) in [5, 5.41) is 17.2. The first-order valence-corrected chi connectivity index (χ1v) is 9.34. The molecule has 148 valence electrons. The van der Waals surface area contributed by atoms with E-state index < -0.39 is 0 Å². The van der Waals surface area contributed by atoms with Crippen LogP contribution in [0, 0.1) is 13.8 Å². The maximum Gasteiger partial charge on any atom is 0.294 e. The fraction of sp³-hybridized carbons (Fsp3) is 0.389. The number of aryl methyl sites for hydroxylation is 3. The molecule has 0 bridgehead atoms. The molecule has 11 nitrogen and oxygen atoms in total. The molecule has 29 heavy (non-hydrogen) atoms. The Kier molecular flexibility index (Phi) is 3.73. The average Bonchev–Trinajstić information content (AvgIpc) is 3.38. The first kappa shape index (κ1) is 17.5. The summed E-state index contributed by atoms with van der Waals surface area (Å²) >= 11 is 0. The van der Waals surface area contributed by atoms with Gasteiger partial charge < -0.3 is 9.47 Å². The quantitative estimate of drug-likeness (QED) is 0.499. The molecule has 5 heterocycles. The molecule has 0 fully saturated rings. The Morgan fingerprint density at radius 2 is 2.03 bits per heavy atom. The summed E-state index contributed by atoms with van der Waals surface area (Å²) < 4.78 is 5.39. The zero-order chi connectivity index (χ0) is 20.3. The molecule has 11 heteroatoms. The molecular weight excluding hydrogens is 372 g/mol. The maximum atomic E-state index is 13.1. The number of fused-ring (bicyclic) bond motifs is 2. The predicted octanol–water partition coefficient (Wildman–Crippen LogP) is 0.950. The third kappa shape index (κ3) is 2.77. The topological polar surface area (TPSA) is 112 Å². The lowest BCUT2D eigenvalue weighted by Crippen LogP contribution is -2.41. The van der Waals surface area contributed by atoms with Crippen LogP contribution in [0.25, 0.3) is 17.2 Å². The second-order valence-electron chi connectivity index (χ2n) is 7.43. The van der Waals surface area contributed by atoms with Crippen LogP contribution < -0.4 is 0 Å². The normalized spacial score (nSPS) is 16.4. The number of hydrogen-bond acceptors (Lipinski definition) is 7. The molecule has 1 atom stereocenters. The third-order valence-corrected chi connectivity index (χ3v) is 5.08. The zero-order valence-electron chi connectivity index (χ0n) is 16.6. The fourth-order valence-electron chi connectivity index (χ4n) is 3.82. The van der Waals surface area contributed by atoms with Crippen LogP contribution in [-0.4, -0.2) is 61.5 Å². The molecule has 0 unspecified atom stereocenters. The molecule has 0 aromatic carbocycles. The van der Waals surface area contributed by atoms with Gasteiger partial charge in [-0.2, -0.15) is 10.1 Å². The minimum Gasteiger partial charge on any atom is -0.326 e. The highest BCUT2D eigenvalue weighted by Gasteiger charge is 2.32. The molecule has 4 aromatic heterocycles. The summed E-state index contributed by atoms with van der Waals surface area (Å²) in [7, 11) is 1.86. The lowest BCUT2D eigenvalue weighted by Gasteiger charge is -2.31. The molecule has 0 spiro atoms. The highest BCUT2D eigenvalue weighted by atomic mass is 16.2. The van der Waals surface area contributed by atoms with Crippen molar-refractivity contribution in [3.63, 3.8) is 0 Å². The van der Waals surface area contributed by atoms with E-state index in [-0.39, 0.29) is 17.8 Å². The fourth-order valence-corrected chi connectivity index (χ4v) is 3.82. The molecular formula is C18H20N10O. The summed E-state index contributed by atoms with van der Waals surface area (Å²) in [6.45, 7) is 6.70. The van der Waals surface area contributed by atoms with Crippen LogP contribution in [0.15, 0.2) is 18.5 Å². The predicted molar refractivity (Wildman–Crippen MR) is 102 cm³/mol. The van der Waals surface area contributed by atoms with Crippen LogP contribution >= 0.6 is 0 Å².